The van der Waals surface area contributed by atoms with Crippen molar-refractivity contribution in [1.29, 1.82) is 0 Å². The number of nitrogens with zero attached hydrogens (tertiary/aromatic N) is 2. The van der Waals surface area contributed by atoms with Crippen LogP contribution >= 0.6 is 0 Å². The lowest BCUT2D eigenvalue weighted by atomic mass is 9.65. The van der Waals surface area contributed by atoms with Gasteiger partial charge in [0, 0.05) is 26.2 Å². The molecule has 0 radical (unpaired) electrons. The first-order valence-corrected chi connectivity index (χ1v) is 8.43. The van der Waals surface area contributed by atoms with Crippen LogP contribution in [0.25, 0.3) is 0 Å². The van der Waals surface area contributed by atoms with Crippen LogP contribution in [-0.4, -0.2) is 22.2 Å². The van der Waals surface area contributed by atoms with Crippen LogP contribution in [-0.2, 0) is 24.7 Å². The summed E-state index contributed by atoms with van der Waals surface area (Å²) in [6.07, 6.45) is 9.86. The maximum absolute atomic E-state index is 12.1. The molecule has 0 spiro atoms. The highest BCUT2D eigenvalue weighted by molar-refractivity contribution is 5.76. The third-order valence-corrected chi connectivity index (χ3v) is 4.90. The Hall–Kier alpha value is -2.10. The molecule has 0 saturated heterocycles. The van der Waals surface area contributed by atoms with Crippen molar-refractivity contribution >= 4 is 5.91 Å². The molecule has 1 aliphatic carbocycles. The van der Waals surface area contributed by atoms with E-state index >= 15 is 0 Å². The number of benzene rings is 1. The molecule has 0 atom stereocenters. The summed E-state index contributed by atoms with van der Waals surface area (Å²) in [6, 6.07) is 10.6. The summed E-state index contributed by atoms with van der Waals surface area (Å²) in [7, 11) is 1.90. The fraction of sp³-hybridized carbons (Fsp3) is 0.474. The molecule has 2 aromatic rings. The van der Waals surface area contributed by atoms with Crippen LogP contribution in [0.2, 0.25) is 0 Å². The van der Waals surface area contributed by atoms with Gasteiger partial charge in [-0.2, -0.15) is 5.10 Å². The summed E-state index contributed by atoms with van der Waals surface area (Å²) < 4.78 is 1.77. The SMILES string of the molecule is Cn1cc(CCC(=O)NCC2(Cc3ccccc3)CCC2)cn1. The maximum Gasteiger partial charge on any atom is 0.220 e. The number of nitrogens with one attached hydrogen (secondary N) is 1. The minimum Gasteiger partial charge on any atom is -0.356 e. The van der Waals surface area contributed by atoms with Gasteiger partial charge in [0.1, 0.15) is 0 Å². The number of hydrogen-bond donors (Lipinski definition) is 1. The number of rotatable bonds is 7. The highest BCUT2D eigenvalue weighted by Gasteiger charge is 2.37. The molecule has 1 aliphatic rings. The van der Waals surface area contributed by atoms with Crippen molar-refractivity contribution < 1.29 is 4.79 Å². The number of hydrogen-bond acceptors (Lipinski definition) is 2. The van der Waals surface area contributed by atoms with Gasteiger partial charge in [0.15, 0.2) is 0 Å². The van der Waals surface area contributed by atoms with Gasteiger partial charge in [0.2, 0.25) is 5.91 Å². The van der Waals surface area contributed by atoms with Crippen LogP contribution in [0.3, 0.4) is 0 Å². The fourth-order valence-corrected chi connectivity index (χ4v) is 3.36. The van der Waals surface area contributed by atoms with Crippen LogP contribution in [0.4, 0.5) is 0 Å². The Balaban J connectivity index is 1.47. The molecular formula is C19H25N3O. The zero-order valence-corrected chi connectivity index (χ0v) is 13.8. The number of carbonyl (C=O) groups excluding carboxylic acids is 1. The topological polar surface area (TPSA) is 46.9 Å². The van der Waals surface area contributed by atoms with Gasteiger partial charge in [-0.3, -0.25) is 9.48 Å². The Kier molecular flexibility index (Phi) is 4.79. The van der Waals surface area contributed by atoms with E-state index in [9.17, 15) is 4.79 Å². The number of amides is 1. The Bertz CT molecular complexity index is 644. The molecule has 0 unspecified atom stereocenters. The Morgan fingerprint density at radius 3 is 2.65 bits per heavy atom. The highest BCUT2D eigenvalue weighted by atomic mass is 16.1. The van der Waals surface area contributed by atoms with E-state index in [0.29, 0.717) is 6.42 Å². The Labute approximate surface area is 137 Å². The summed E-state index contributed by atoms with van der Waals surface area (Å²) >= 11 is 0. The van der Waals surface area contributed by atoms with Crippen molar-refractivity contribution in [3.05, 3.63) is 53.9 Å². The van der Waals surface area contributed by atoms with Crippen LogP contribution in [0, 0.1) is 5.41 Å². The third-order valence-electron chi connectivity index (χ3n) is 4.90. The van der Waals surface area contributed by atoms with Crippen molar-refractivity contribution in [3.8, 4) is 0 Å². The van der Waals surface area contributed by atoms with Crippen molar-refractivity contribution in [2.24, 2.45) is 12.5 Å². The predicted molar refractivity (Wildman–Crippen MR) is 91.0 cm³/mol. The van der Waals surface area contributed by atoms with E-state index in [1.165, 1.54) is 24.8 Å². The minimum atomic E-state index is 0.146. The maximum atomic E-state index is 12.1. The third kappa shape index (κ3) is 4.21. The summed E-state index contributed by atoms with van der Waals surface area (Å²) in [5, 5.41) is 7.29. The second-order valence-corrected chi connectivity index (χ2v) is 6.81. The lowest BCUT2D eigenvalue weighted by Gasteiger charge is -2.42. The second-order valence-electron chi connectivity index (χ2n) is 6.81. The van der Waals surface area contributed by atoms with Crippen LogP contribution < -0.4 is 5.32 Å². The first-order chi connectivity index (χ1) is 11.2. The minimum absolute atomic E-state index is 0.146. The molecule has 23 heavy (non-hydrogen) atoms. The lowest BCUT2D eigenvalue weighted by molar-refractivity contribution is -0.121. The molecule has 1 fully saturated rings. The Morgan fingerprint density at radius 2 is 2.04 bits per heavy atom. The standard InChI is InChI=1S/C19H25N3O/c1-22-14-17(13-21-22)8-9-18(23)20-15-19(10-5-11-19)12-16-6-3-2-4-7-16/h2-4,6-7,13-14H,5,8-12,15H2,1H3,(H,20,23). The first-order valence-electron chi connectivity index (χ1n) is 8.43. The zero-order valence-electron chi connectivity index (χ0n) is 13.8. The van der Waals surface area contributed by atoms with E-state index in [0.717, 1.165) is 24.9 Å². The average Bonchev–Trinajstić information content (AvgIpc) is 2.94. The first kappa shape index (κ1) is 15.8. The number of aryl methyl sites for hydroxylation is 2. The quantitative estimate of drug-likeness (QED) is 0.854. The largest absolute Gasteiger partial charge is 0.356 e. The summed E-state index contributed by atoms with van der Waals surface area (Å²) in [5.74, 6) is 0.146. The molecule has 122 valence electrons. The molecule has 0 bridgehead atoms. The van der Waals surface area contributed by atoms with Gasteiger partial charge >= 0.3 is 0 Å². The molecule has 1 N–H and O–H groups in total. The van der Waals surface area contributed by atoms with E-state index in [4.69, 9.17) is 0 Å². The van der Waals surface area contributed by atoms with Gasteiger partial charge in [0.05, 0.1) is 6.20 Å². The van der Waals surface area contributed by atoms with Crippen molar-refractivity contribution in [3.63, 3.8) is 0 Å². The highest BCUT2D eigenvalue weighted by Crippen LogP contribution is 2.43. The lowest BCUT2D eigenvalue weighted by Crippen LogP contribution is -2.43. The summed E-state index contributed by atoms with van der Waals surface area (Å²) in [4.78, 5) is 12.1. The van der Waals surface area contributed by atoms with Crippen molar-refractivity contribution in [2.45, 2.75) is 38.5 Å². The van der Waals surface area contributed by atoms with Crippen LogP contribution in [0.5, 0.6) is 0 Å². The molecule has 4 nitrogen and oxygen atoms in total. The number of aromatic nitrogens is 2. The van der Waals surface area contributed by atoms with Gasteiger partial charge in [0.25, 0.3) is 0 Å². The predicted octanol–water partition coefficient (Wildman–Crippen LogP) is 2.88. The van der Waals surface area contributed by atoms with Crippen molar-refractivity contribution in [1.82, 2.24) is 15.1 Å². The average molecular weight is 311 g/mol. The van der Waals surface area contributed by atoms with Gasteiger partial charge in [-0.1, -0.05) is 36.8 Å². The zero-order chi connectivity index (χ0) is 16.1. The number of carbonyl (C=O) groups is 1. The van der Waals surface area contributed by atoms with Gasteiger partial charge in [-0.25, -0.2) is 0 Å². The smallest absolute Gasteiger partial charge is 0.220 e. The van der Waals surface area contributed by atoms with Gasteiger partial charge in [-0.05, 0) is 42.2 Å². The monoisotopic (exact) mass is 311 g/mol. The van der Waals surface area contributed by atoms with E-state index in [-0.39, 0.29) is 11.3 Å². The van der Waals surface area contributed by atoms with Gasteiger partial charge in [-0.15, -0.1) is 0 Å². The molecular weight excluding hydrogens is 286 g/mol. The summed E-state index contributed by atoms with van der Waals surface area (Å²) in [5.41, 5.74) is 2.76. The molecule has 3 rings (SSSR count). The van der Waals surface area contributed by atoms with E-state index in [2.05, 4.69) is 40.7 Å². The Morgan fingerprint density at radius 1 is 1.26 bits per heavy atom. The molecule has 1 aromatic heterocycles. The molecule has 0 aliphatic heterocycles. The molecule has 1 aromatic carbocycles. The van der Waals surface area contributed by atoms with Crippen LogP contribution in [0.15, 0.2) is 42.7 Å². The van der Waals surface area contributed by atoms with E-state index < -0.39 is 0 Å². The van der Waals surface area contributed by atoms with Crippen molar-refractivity contribution in [2.75, 3.05) is 6.54 Å². The fourth-order valence-electron chi connectivity index (χ4n) is 3.36. The normalized spacial score (nSPS) is 15.9. The van der Waals surface area contributed by atoms with E-state index in [1.54, 1.807) is 4.68 Å². The van der Waals surface area contributed by atoms with Gasteiger partial charge < -0.3 is 5.32 Å². The molecule has 4 heteroatoms. The molecule has 1 saturated carbocycles. The van der Waals surface area contributed by atoms with E-state index in [1.807, 2.05) is 19.4 Å². The molecule has 1 heterocycles. The molecule has 1 amide bonds. The van der Waals surface area contributed by atoms with Crippen LogP contribution in [0.1, 0.15) is 36.8 Å². The second kappa shape index (κ2) is 6.99. The summed E-state index contributed by atoms with van der Waals surface area (Å²) in [6.45, 7) is 0.799.